The minimum atomic E-state index is 0.448. The monoisotopic (exact) mass is 322 g/mol. The van der Waals surface area contributed by atoms with E-state index < -0.39 is 0 Å². The Kier molecular flexibility index (Phi) is 4.09. The maximum Gasteiger partial charge on any atom is 0.240 e. The lowest BCUT2D eigenvalue weighted by Gasteiger charge is -2.38. The normalized spacial score (nSPS) is 18.0. The van der Waals surface area contributed by atoms with Gasteiger partial charge in [-0.15, -0.1) is 5.10 Å². The molecule has 5 heteroatoms. The molecule has 0 saturated carbocycles. The van der Waals surface area contributed by atoms with Crippen molar-refractivity contribution in [2.75, 3.05) is 31.6 Å². The molecular weight excluding hydrogens is 300 g/mol. The lowest BCUT2D eigenvalue weighted by Crippen LogP contribution is -2.52. The highest BCUT2D eigenvalue weighted by Gasteiger charge is 2.23. The van der Waals surface area contributed by atoms with Gasteiger partial charge in [-0.2, -0.15) is 0 Å². The smallest absolute Gasteiger partial charge is 0.240 e. The molecule has 124 valence electrons. The van der Waals surface area contributed by atoms with Crippen LogP contribution in [0.25, 0.3) is 10.9 Å². The van der Waals surface area contributed by atoms with Crippen LogP contribution in [0.2, 0.25) is 0 Å². The van der Waals surface area contributed by atoms with E-state index in [0.29, 0.717) is 11.9 Å². The quantitative estimate of drug-likeness (QED) is 0.775. The van der Waals surface area contributed by atoms with Gasteiger partial charge in [0.2, 0.25) is 5.88 Å². The first-order valence-electron chi connectivity index (χ1n) is 8.38. The van der Waals surface area contributed by atoms with Crippen LogP contribution < -0.4 is 15.0 Å². The third-order valence-corrected chi connectivity index (χ3v) is 4.70. The third-order valence-electron chi connectivity index (χ3n) is 4.70. The molecule has 1 saturated heterocycles. The SMILES string of the molecule is COc1n[nH]c2cc(N3CCNC[C@@H]3Cc3ccccc3)ccc12. The maximum atomic E-state index is 5.29. The van der Waals surface area contributed by atoms with Gasteiger partial charge in [0, 0.05) is 31.4 Å². The number of aromatic amines is 1. The van der Waals surface area contributed by atoms with Crippen LogP contribution in [0.4, 0.5) is 5.69 Å². The van der Waals surface area contributed by atoms with Crippen molar-refractivity contribution in [1.29, 1.82) is 0 Å². The lowest BCUT2D eigenvalue weighted by molar-refractivity contribution is 0.401. The Morgan fingerprint density at radius 1 is 1.21 bits per heavy atom. The standard InChI is InChI=1S/C19H22N4O/c1-24-19-17-8-7-15(12-18(17)21-22-19)23-10-9-20-13-16(23)11-14-5-3-2-4-6-14/h2-8,12,16,20H,9-11,13H2,1H3,(H,21,22)/t16-/m0/s1. The molecule has 3 aromatic rings. The number of benzene rings is 2. The number of piperazine rings is 1. The molecule has 0 aliphatic carbocycles. The summed E-state index contributed by atoms with van der Waals surface area (Å²) in [4.78, 5) is 2.50. The molecular formula is C19H22N4O. The van der Waals surface area contributed by atoms with Crippen LogP contribution in [0.1, 0.15) is 5.56 Å². The molecule has 0 radical (unpaired) electrons. The number of H-pyrrole nitrogens is 1. The van der Waals surface area contributed by atoms with Gasteiger partial charge in [-0.05, 0) is 30.2 Å². The molecule has 2 N–H and O–H groups in total. The first kappa shape index (κ1) is 15.0. The van der Waals surface area contributed by atoms with Crippen molar-refractivity contribution in [3.8, 4) is 5.88 Å². The Labute approximate surface area is 141 Å². The summed E-state index contributed by atoms with van der Waals surface area (Å²) < 4.78 is 5.29. The van der Waals surface area contributed by atoms with Crippen LogP contribution in [0, 0.1) is 0 Å². The van der Waals surface area contributed by atoms with Gasteiger partial charge in [-0.1, -0.05) is 30.3 Å². The fourth-order valence-corrected chi connectivity index (χ4v) is 3.49. The molecule has 4 rings (SSSR count). The van der Waals surface area contributed by atoms with E-state index in [1.54, 1.807) is 7.11 Å². The second-order valence-corrected chi connectivity index (χ2v) is 6.20. The number of rotatable bonds is 4. The van der Waals surface area contributed by atoms with Gasteiger partial charge < -0.3 is 15.0 Å². The number of hydrogen-bond donors (Lipinski definition) is 2. The number of ether oxygens (including phenoxy) is 1. The molecule has 2 heterocycles. The summed E-state index contributed by atoms with van der Waals surface area (Å²) in [6.45, 7) is 3.02. The van der Waals surface area contributed by atoms with Crippen LogP contribution in [0.3, 0.4) is 0 Å². The van der Waals surface area contributed by atoms with E-state index in [-0.39, 0.29) is 0 Å². The average Bonchev–Trinajstić information content (AvgIpc) is 3.05. The molecule has 1 aromatic heterocycles. The van der Waals surface area contributed by atoms with E-state index in [2.05, 4.69) is 68.9 Å². The molecule has 0 bridgehead atoms. The number of hydrogen-bond acceptors (Lipinski definition) is 4. The fraction of sp³-hybridized carbons (Fsp3) is 0.316. The van der Waals surface area contributed by atoms with E-state index in [4.69, 9.17) is 4.74 Å². The molecule has 1 aliphatic heterocycles. The van der Waals surface area contributed by atoms with E-state index in [1.807, 2.05) is 0 Å². The van der Waals surface area contributed by atoms with Crippen molar-refractivity contribution in [2.45, 2.75) is 12.5 Å². The fourth-order valence-electron chi connectivity index (χ4n) is 3.49. The summed E-state index contributed by atoms with van der Waals surface area (Å²) in [6.07, 6.45) is 1.04. The molecule has 1 atom stereocenters. The summed E-state index contributed by atoms with van der Waals surface area (Å²) in [5.41, 5.74) is 3.62. The summed E-state index contributed by atoms with van der Waals surface area (Å²) in [5.74, 6) is 0.651. The zero-order chi connectivity index (χ0) is 16.4. The molecule has 0 spiro atoms. The lowest BCUT2D eigenvalue weighted by atomic mass is 10.0. The maximum absolute atomic E-state index is 5.29. The summed E-state index contributed by atoms with van der Waals surface area (Å²) >= 11 is 0. The van der Waals surface area contributed by atoms with Gasteiger partial charge in [0.05, 0.1) is 18.0 Å². The Balaban J connectivity index is 1.62. The second kappa shape index (κ2) is 6.53. The minimum absolute atomic E-state index is 0.448. The molecule has 2 aromatic carbocycles. The zero-order valence-corrected chi connectivity index (χ0v) is 13.8. The van der Waals surface area contributed by atoms with Crippen molar-refractivity contribution in [3.63, 3.8) is 0 Å². The van der Waals surface area contributed by atoms with Crippen LogP contribution in [-0.4, -0.2) is 43.0 Å². The van der Waals surface area contributed by atoms with Crippen LogP contribution in [0.15, 0.2) is 48.5 Å². The van der Waals surface area contributed by atoms with Crippen molar-refractivity contribution in [3.05, 3.63) is 54.1 Å². The van der Waals surface area contributed by atoms with E-state index in [9.17, 15) is 0 Å². The van der Waals surface area contributed by atoms with Crippen molar-refractivity contribution < 1.29 is 4.74 Å². The molecule has 5 nitrogen and oxygen atoms in total. The van der Waals surface area contributed by atoms with E-state index in [1.165, 1.54) is 11.3 Å². The highest BCUT2D eigenvalue weighted by atomic mass is 16.5. The zero-order valence-electron chi connectivity index (χ0n) is 13.8. The van der Waals surface area contributed by atoms with Gasteiger partial charge in [0.25, 0.3) is 0 Å². The molecule has 0 unspecified atom stereocenters. The third kappa shape index (κ3) is 2.83. The predicted octanol–water partition coefficient (Wildman–Crippen LogP) is 2.59. The summed E-state index contributed by atoms with van der Waals surface area (Å²) in [5, 5.41) is 11.8. The van der Waals surface area contributed by atoms with Crippen molar-refractivity contribution in [1.82, 2.24) is 15.5 Å². The number of nitrogens with zero attached hydrogens (tertiary/aromatic N) is 2. The topological polar surface area (TPSA) is 53.2 Å². The van der Waals surface area contributed by atoms with Crippen molar-refractivity contribution in [2.24, 2.45) is 0 Å². The molecule has 0 amide bonds. The highest BCUT2D eigenvalue weighted by Crippen LogP contribution is 2.28. The number of methoxy groups -OCH3 is 1. The van der Waals surface area contributed by atoms with E-state index in [0.717, 1.165) is 37.0 Å². The Bertz CT molecular complexity index is 815. The first-order valence-corrected chi connectivity index (χ1v) is 8.38. The number of anilines is 1. The minimum Gasteiger partial charge on any atom is -0.480 e. The van der Waals surface area contributed by atoms with Gasteiger partial charge in [0.1, 0.15) is 0 Å². The average molecular weight is 322 g/mol. The number of aromatic nitrogens is 2. The largest absolute Gasteiger partial charge is 0.480 e. The summed E-state index contributed by atoms with van der Waals surface area (Å²) in [6, 6.07) is 17.6. The number of nitrogens with one attached hydrogen (secondary N) is 2. The van der Waals surface area contributed by atoms with Crippen LogP contribution in [0.5, 0.6) is 5.88 Å². The van der Waals surface area contributed by atoms with E-state index >= 15 is 0 Å². The Hall–Kier alpha value is -2.53. The first-order chi connectivity index (χ1) is 11.8. The van der Waals surface area contributed by atoms with Gasteiger partial charge in [0.15, 0.2) is 0 Å². The molecule has 1 fully saturated rings. The Morgan fingerprint density at radius 3 is 2.92 bits per heavy atom. The van der Waals surface area contributed by atoms with Crippen LogP contribution >= 0.6 is 0 Å². The van der Waals surface area contributed by atoms with Gasteiger partial charge in [-0.25, -0.2) is 0 Å². The predicted molar refractivity (Wildman–Crippen MR) is 96.8 cm³/mol. The molecule has 24 heavy (non-hydrogen) atoms. The summed E-state index contributed by atoms with van der Waals surface area (Å²) in [7, 11) is 1.65. The van der Waals surface area contributed by atoms with Gasteiger partial charge in [-0.3, -0.25) is 5.10 Å². The Morgan fingerprint density at radius 2 is 2.08 bits per heavy atom. The second-order valence-electron chi connectivity index (χ2n) is 6.20. The number of fused-ring (bicyclic) bond motifs is 1. The molecule has 1 aliphatic rings. The van der Waals surface area contributed by atoms with Gasteiger partial charge >= 0.3 is 0 Å². The highest BCUT2D eigenvalue weighted by molar-refractivity contribution is 5.87. The van der Waals surface area contributed by atoms with Crippen LogP contribution in [-0.2, 0) is 6.42 Å². The van der Waals surface area contributed by atoms with Crippen molar-refractivity contribution >= 4 is 16.6 Å².